The molecule has 0 spiro atoms. The number of halogens is 3. The molecular formula is C20H22F3N5O3. The third kappa shape index (κ3) is 4.42. The topological polar surface area (TPSA) is 102 Å². The molecule has 1 saturated heterocycles. The van der Waals surface area contributed by atoms with Gasteiger partial charge in [-0.05, 0) is 17.7 Å². The maximum atomic E-state index is 12.9. The van der Waals surface area contributed by atoms with Crippen molar-refractivity contribution in [1.29, 1.82) is 0 Å². The number of nitrogens with one attached hydrogen (secondary N) is 2. The van der Waals surface area contributed by atoms with E-state index in [1.54, 1.807) is 0 Å². The number of fused-ring (bicyclic) bond motifs is 1. The predicted molar refractivity (Wildman–Crippen MR) is 107 cm³/mol. The molecule has 1 amide bonds. The maximum absolute atomic E-state index is 12.9. The maximum Gasteiger partial charge on any atom is 0.416 e. The number of β-amino-alcohol motifs (C(OH)–C–C–N with tert-alkyl or cyclic N) is 1. The van der Waals surface area contributed by atoms with Gasteiger partial charge in [0.25, 0.3) is 5.56 Å². The molecule has 8 nitrogen and oxygen atoms in total. The lowest BCUT2D eigenvalue weighted by atomic mass is 9.86. The van der Waals surface area contributed by atoms with Gasteiger partial charge in [0.1, 0.15) is 5.82 Å². The monoisotopic (exact) mass is 437 g/mol. The molecule has 0 radical (unpaired) electrons. The van der Waals surface area contributed by atoms with E-state index in [-0.39, 0.29) is 30.3 Å². The van der Waals surface area contributed by atoms with Gasteiger partial charge in [-0.2, -0.15) is 18.2 Å². The number of alkyl halides is 3. The molecule has 3 heterocycles. The molecule has 2 aliphatic heterocycles. The summed E-state index contributed by atoms with van der Waals surface area (Å²) in [6.07, 6.45) is -4.52. The Morgan fingerprint density at radius 2 is 1.77 bits per heavy atom. The minimum atomic E-state index is -4.46. The molecule has 0 aliphatic carbocycles. The van der Waals surface area contributed by atoms with Crippen molar-refractivity contribution in [2.24, 2.45) is 0 Å². The summed E-state index contributed by atoms with van der Waals surface area (Å²) >= 11 is 0. The fraction of sp³-hybridized carbons (Fsp3) is 0.450. The Labute approximate surface area is 175 Å². The van der Waals surface area contributed by atoms with Gasteiger partial charge in [0.05, 0.1) is 17.7 Å². The highest BCUT2D eigenvalue weighted by molar-refractivity contribution is 5.94. The van der Waals surface area contributed by atoms with Crippen LogP contribution in [0.15, 0.2) is 29.1 Å². The summed E-state index contributed by atoms with van der Waals surface area (Å²) in [6, 6.07) is 4.49. The van der Waals surface area contributed by atoms with Crippen LogP contribution in [0.4, 0.5) is 24.9 Å². The molecular weight excluding hydrogens is 415 g/mol. The van der Waals surface area contributed by atoms with Crippen LogP contribution >= 0.6 is 0 Å². The first-order valence-electron chi connectivity index (χ1n) is 9.95. The SMILES string of the molecule is O=C1C[C@@H](c2ccc(C(F)(F)F)cc2)c2c(nc(N3CCN(CCO)CC3)[nH]c2=O)N1. The van der Waals surface area contributed by atoms with Crippen molar-refractivity contribution < 1.29 is 23.1 Å². The molecule has 4 rings (SSSR count). The molecule has 1 fully saturated rings. The lowest BCUT2D eigenvalue weighted by Crippen LogP contribution is -2.48. The molecule has 11 heteroatoms. The first-order valence-corrected chi connectivity index (χ1v) is 9.95. The van der Waals surface area contributed by atoms with Gasteiger partial charge >= 0.3 is 6.18 Å². The summed E-state index contributed by atoms with van der Waals surface area (Å²) in [5.41, 5.74) is -0.536. The van der Waals surface area contributed by atoms with Crippen molar-refractivity contribution in [2.75, 3.05) is 49.5 Å². The van der Waals surface area contributed by atoms with E-state index >= 15 is 0 Å². The van der Waals surface area contributed by atoms with Crippen molar-refractivity contribution in [1.82, 2.24) is 14.9 Å². The van der Waals surface area contributed by atoms with E-state index in [1.807, 2.05) is 4.90 Å². The third-order valence-corrected chi connectivity index (χ3v) is 5.67. The minimum Gasteiger partial charge on any atom is -0.395 e. The average molecular weight is 437 g/mol. The standard InChI is InChI=1S/C20H22F3N5O3/c21-20(22,23)13-3-1-12(2-4-13)14-11-15(30)24-17-16(14)18(31)26-19(25-17)28-7-5-27(6-8-28)9-10-29/h1-4,14,29H,5-11H2,(H2,24,25,26,30,31)/t14-/m0/s1. The number of hydrogen-bond acceptors (Lipinski definition) is 6. The van der Waals surface area contributed by atoms with Gasteiger partial charge in [-0.1, -0.05) is 12.1 Å². The Hall–Kier alpha value is -2.92. The molecule has 2 aromatic rings. The molecule has 1 atom stereocenters. The Kier molecular flexibility index (Phi) is 5.71. The van der Waals surface area contributed by atoms with Crippen LogP contribution in [0.1, 0.15) is 29.0 Å². The molecule has 0 bridgehead atoms. The fourth-order valence-corrected chi connectivity index (χ4v) is 4.02. The Morgan fingerprint density at radius 1 is 1.10 bits per heavy atom. The van der Waals surface area contributed by atoms with Gasteiger partial charge in [-0.25, -0.2) is 0 Å². The van der Waals surface area contributed by atoms with Gasteiger partial charge < -0.3 is 15.3 Å². The lowest BCUT2D eigenvalue weighted by Gasteiger charge is -2.35. The largest absolute Gasteiger partial charge is 0.416 e. The van der Waals surface area contributed by atoms with Crippen LogP contribution in [0.25, 0.3) is 0 Å². The number of hydrogen-bond donors (Lipinski definition) is 3. The smallest absolute Gasteiger partial charge is 0.395 e. The first-order chi connectivity index (χ1) is 14.8. The number of anilines is 2. The van der Waals surface area contributed by atoms with E-state index in [1.165, 1.54) is 12.1 Å². The molecule has 1 aromatic carbocycles. The highest BCUT2D eigenvalue weighted by Gasteiger charge is 2.34. The number of amides is 1. The number of aromatic amines is 1. The van der Waals surface area contributed by atoms with Gasteiger partial charge in [-0.15, -0.1) is 0 Å². The van der Waals surface area contributed by atoms with E-state index in [4.69, 9.17) is 5.11 Å². The highest BCUT2D eigenvalue weighted by atomic mass is 19.4. The van der Waals surface area contributed by atoms with Gasteiger partial charge in [0, 0.05) is 45.1 Å². The lowest BCUT2D eigenvalue weighted by molar-refractivity contribution is -0.137. The molecule has 166 valence electrons. The minimum absolute atomic E-state index is 0.0533. The summed E-state index contributed by atoms with van der Waals surface area (Å²) in [5.74, 6) is -0.564. The van der Waals surface area contributed by atoms with Gasteiger partial charge in [-0.3, -0.25) is 19.5 Å². The van der Waals surface area contributed by atoms with Crippen molar-refractivity contribution in [3.8, 4) is 0 Å². The Bertz CT molecular complexity index is 1010. The first kappa shape index (κ1) is 21.3. The predicted octanol–water partition coefficient (Wildman–Crippen LogP) is 1.38. The number of rotatable bonds is 4. The van der Waals surface area contributed by atoms with Crippen LogP contribution in [-0.2, 0) is 11.0 Å². The zero-order chi connectivity index (χ0) is 22.2. The van der Waals surface area contributed by atoms with Crippen LogP contribution in [0, 0.1) is 0 Å². The summed E-state index contributed by atoms with van der Waals surface area (Å²) in [4.78, 5) is 36.4. The average Bonchev–Trinajstić information content (AvgIpc) is 2.73. The van der Waals surface area contributed by atoms with Crippen LogP contribution in [0.3, 0.4) is 0 Å². The van der Waals surface area contributed by atoms with E-state index in [0.717, 1.165) is 12.1 Å². The van der Waals surface area contributed by atoms with E-state index < -0.39 is 23.2 Å². The Morgan fingerprint density at radius 3 is 2.39 bits per heavy atom. The second-order valence-electron chi connectivity index (χ2n) is 7.63. The van der Waals surface area contributed by atoms with Gasteiger partial charge in [0.2, 0.25) is 11.9 Å². The second-order valence-corrected chi connectivity index (χ2v) is 7.63. The molecule has 0 unspecified atom stereocenters. The van der Waals surface area contributed by atoms with E-state index in [0.29, 0.717) is 44.2 Å². The highest BCUT2D eigenvalue weighted by Crippen LogP contribution is 2.36. The second kappa shape index (κ2) is 8.31. The fourth-order valence-electron chi connectivity index (χ4n) is 4.02. The number of aliphatic hydroxyl groups excluding tert-OH is 1. The number of aromatic nitrogens is 2. The van der Waals surface area contributed by atoms with Crippen molar-refractivity contribution in [3.63, 3.8) is 0 Å². The molecule has 2 aliphatic rings. The molecule has 0 saturated carbocycles. The van der Waals surface area contributed by atoms with E-state index in [2.05, 4.69) is 20.2 Å². The molecule has 31 heavy (non-hydrogen) atoms. The Balaban J connectivity index is 1.63. The molecule has 3 N–H and O–H groups in total. The number of H-pyrrole nitrogens is 1. The van der Waals surface area contributed by atoms with Crippen molar-refractivity contribution in [2.45, 2.75) is 18.5 Å². The van der Waals surface area contributed by atoms with Crippen LogP contribution < -0.4 is 15.8 Å². The zero-order valence-corrected chi connectivity index (χ0v) is 16.6. The zero-order valence-electron chi connectivity index (χ0n) is 16.6. The van der Waals surface area contributed by atoms with Crippen molar-refractivity contribution >= 4 is 17.7 Å². The summed E-state index contributed by atoms with van der Waals surface area (Å²) < 4.78 is 38.6. The summed E-state index contributed by atoms with van der Waals surface area (Å²) in [7, 11) is 0. The van der Waals surface area contributed by atoms with E-state index in [9.17, 15) is 22.8 Å². The number of piperazine rings is 1. The third-order valence-electron chi connectivity index (χ3n) is 5.67. The normalized spacial score (nSPS) is 19.8. The van der Waals surface area contributed by atoms with Gasteiger partial charge in [0.15, 0.2) is 0 Å². The number of carbonyl (C=O) groups excluding carboxylic acids is 1. The number of carbonyl (C=O) groups is 1. The number of aliphatic hydroxyl groups is 1. The van der Waals surface area contributed by atoms with Crippen LogP contribution in [-0.4, -0.2) is 65.2 Å². The van der Waals surface area contributed by atoms with Crippen LogP contribution in [0.5, 0.6) is 0 Å². The van der Waals surface area contributed by atoms with Crippen LogP contribution in [0.2, 0.25) is 0 Å². The number of benzene rings is 1. The summed E-state index contributed by atoms with van der Waals surface area (Å²) in [6.45, 7) is 3.23. The summed E-state index contributed by atoms with van der Waals surface area (Å²) in [5, 5.41) is 11.7. The number of nitrogens with zero attached hydrogens (tertiary/aromatic N) is 3. The molecule has 1 aromatic heterocycles. The van der Waals surface area contributed by atoms with Crippen molar-refractivity contribution in [3.05, 3.63) is 51.3 Å². The quantitative estimate of drug-likeness (QED) is 0.668.